The average molecular weight is 315 g/mol. The molecule has 6 heteroatoms. The highest BCUT2D eigenvalue weighted by Gasteiger charge is 2.11. The number of fused-ring (bicyclic) bond motifs is 1. The Morgan fingerprint density at radius 3 is 2.91 bits per heavy atom. The monoisotopic (exact) mass is 315 g/mol. The minimum atomic E-state index is -0.311. The highest BCUT2D eigenvalue weighted by molar-refractivity contribution is 7.98. The van der Waals surface area contributed by atoms with E-state index in [0.717, 1.165) is 33.8 Å². The van der Waals surface area contributed by atoms with E-state index < -0.39 is 0 Å². The first-order chi connectivity index (χ1) is 10.6. The Hall–Kier alpha value is -2.08. The van der Waals surface area contributed by atoms with Crippen molar-refractivity contribution in [2.75, 3.05) is 0 Å². The zero-order chi connectivity index (χ0) is 15.7. The van der Waals surface area contributed by atoms with Gasteiger partial charge in [-0.2, -0.15) is 0 Å². The number of rotatable bonds is 4. The fourth-order valence-electron chi connectivity index (χ4n) is 2.36. The SMILES string of the molecule is CCn1cnnc1SCc1cc(=O)oc2c(C)c(C)ccc12. The van der Waals surface area contributed by atoms with Crippen LogP contribution in [0.4, 0.5) is 0 Å². The van der Waals surface area contributed by atoms with E-state index in [1.54, 1.807) is 24.2 Å². The number of thioether (sulfide) groups is 1. The van der Waals surface area contributed by atoms with Crippen molar-refractivity contribution in [3.05, 3.63) is 51.6 Å². The second-order valence-electron chi connectivity index (χ2n) is 5.16. The van der Waals surface area contributed by atoms with E-state index in [9.17, 15) is 4.79 Å². The molecule has 22 heavy (non-hydrogen) atoms. The molecule has 3 rings (SSSR count). The molecule has 114 valence electrons. The zero-order valence-corrected chi connectivity index (χ0v) is 13.6. The van der Waals surface area contributed by atoms with Gasteiger partial charge in [0.1, 0.15) is 11.9 Å². The van der Waals surface area contributed by atoms with E-state index in [1.165, 1.54) is 0 Å². The summed E-state index contributed by atoms with van der Waals surface area (Å²) >= 11 is 1.57. The molecule has 0 radical (unpaired) electrons. The molecule has 0 unspecified atom stereocenters. The van der Waals surface area contributed by atoms with Crippen molar-refractivity contribution in [3.63, 3.8) is 0 Å². The lowest BCUT2D eigenvalue weighted by Gasteiger charge is -2.09. The maximum absolute atomic E-state index is 11.8. The predicted octanol–water partition coefficient (Wildman–Crippen LogP) is 3.31. The summed E-state index contributed by atoms with van der Waals surface area (Å²) in [6.45, 7) is 6.86. The van der Waals surface area contributed by atoms with Gasteiger partial charge in [-0.3, -0.25) is 0 Å². The first kappa shape index (κ1) is 14.8. The van der Waals surface area contributed by atoms with Crippen molar-refractivity contribution in [2.45, 2.75) is 38.2 Å². The lowest BCUT2D eigenvalue weighted by atomic mass is 10.0. The molecule has 3 aromatic rings. The predicted molar refractivity (Wildman–Crippen MR) is 87.2 cm³/mol. The third kappa shape index (κ3) is 2.66. The van der Waals surface area contributed by atoms with Crippen LogP contribution in [0, 0.1) is 13.8 Å². The summed E-state index contributed by atoms with van der Waals surface area (Å²) in [7, 11) is 0. The minimum Gasteiger partial charge on any atom is -0.422 e. The zero-order valence-electron chi connectivity index (χ0n) is 12.8. The summed E-state index contributed by atoms with van der Waals surface area (Å²) in [6, 6.07) is 5.64. The second kappa shape index (κ2) is 5.96. The summed E-state index contributed by atoms with van der Waals surface area (Å²) in [5.74, 6) is 0.656. The molecule has 0 saturated heterocycles. The van der Waals surface area contributed by atoms with Crippen LogP contribution in [0.3, 0.4) is 0 Å². The van der Waals surface area contributed by atoms with Crippen LogP contribution in [-0.2, 0) is 12.3 Å². The molecule has 0 N–H and O–H groups in total. The molecule has 1 aromatic carbocycles. The van der Waals surface area contributed by atoms with Gasteiger partial charge in [0.2, 0.25) is 0 Å². The molecule has 5 nitrogen and oxygen atoms in total. The lowest BCUT2D eigenvalue weighted by molar-refractivity contribution is 0.557. The molecule has 0 aliphatic heterocycles. The summed E-state index contributed by atoms with van der Waals surface area (Å²) in [5, 5.41) is 9.87. The van der Waals surface area contributed by atoms with Gasteiger partial charge >= 0.3 is 5.63 Å². The highest BCUT2D eigenvalue weighted by atomic mass is 32.2. The maximum atomic E-state index is 11.8. The Morgan fingerprint density at radius 2 is 2.14 bits per heavy atom. The molecule has 0 saturated carbocycles. The quantitative estimate of drug-likeness (QED) is 0.546. The van der Waals surface area contributed by atoms with Crippen LogP contribution in [-0.4, -0.2) is 14.8 Å². The van der Waals surface area contributed by atoms with Crippen molar-refractivity contribution in [1.82, 2.24) is 14.8 Å². The topological polar surface area (TPSA) is 60.9 Å². The summed E-state index contributed by atoms with van der Waals surface area (Å²) in [5.41, 5.74) is 3.46. The second-order valence-corrected chi connectivity index (χ2v) is 6.11. The van der Waals surface area contributed by atoms with Crippen LogP contribution >= 0.6 is 11.8 Å². The van der Waals surface area contributed by atoms with Gasteiger partial charge in [0.15, 0.2) is 5.16 Å². The number of nitrogens with zero attached hydrogens (tertiary/aromatic N) is 3. The van der Waals surface area contributed by atoms with E-state index in [2.05, 4.69) is 16.3 Å². The molecule has 2 aromatic heterocycles. The molecule has 0 spiro atoms. The molecular weight excluding hydrogens is 298 g/mol. The standard InChI is InChI=1S/C16H17N3O2S/c1-4-19-9-17-18-16(19)22-8-12-7-14(20)21-15-11(3)10(2)5-6-13(12)15/h5-7,9H,4,8H2,1-3H3. The van der Waals surface area contributed by atoms with Gasteiger partial charge in [0.25, 0.3) is 0 Å². The Balaban J connectivity index is 2.00. The summed E-state index contributed by atoms with van der Waals surface area (Å²) in [4.78, 5) is 11.8. The molecule has 0 aliphatic carbocycles. The molecule has 0 amide bonds. The van der Waals surface area contributed by atoms with Crippen LogP contribution in [0.15, 0.2) is 38.9 Å². The van der Waals surface area contributed by atoms with Crippen molar-refractivity contribution in [3.8, 4) is 0 Å². The largest absolute Gasteiger partial charge is 0.422 e. The van der Waals surface area contributed by atoms with Crippen molar-refractivity contribution in [2.24, 2.45) is 0 Å². The molecular formula is C16H17N3O2S. The van der Waals surface area contributed by atoms with Crippen LogP contribution in [0.1, 0.15) is 23.6 Å². The maximum Gasteiger partial charge on any atom is 0.336 e. The first-order valence-corrected chi connectivity index (χ1v) is 8.12. The average Bonchev–Trinajstić information content (AvgIpc) is 2.96. The molecule has 2 heterocycles. The number of hydrogen-bond acceptors (Lipinski definition) is 5. The summed E-state index contributed by atoms with van der Waals surface area (Å²) in [6.07, 6.45) is 1.72. The van der Waals surface area contributed by atoms with E-state index in [0.29, 0.717) is 11.3 Å². The van der Waals surface area contributed by atoms with Gasteiger partial charge in [-0.15, -0.1) is 10.2 Å². The van der Waals surface area contributed by atoms with Gasteiger partial charge in [-0.25, -0.2) is 4.79 Å². The smallest absolute Gasteiger partial charge is 0.336 e. The van der Waals surface area contributed by atoms with Crippen LogP contribution < -0.4 is 5.63 Å². The van der Waals surface area contributed by atoms with Gasteiger partial charge in [-0.05, 0) is 37.5 Å². The number of benzene rings is 1. The van der Waals surface area contributed by atoms with Gasteiger partial charge in [0.05, 0.1) is 0 Å². The molecule has 0 aliphatic rings. The Labute approximate surface area is 132 Å². The molecule has 0 atom stereocenters. The Kier molecular flexibility index (Phi) is 4.02. The van der Waals surface area contributed by atoms with E-state index in [4.69, 9.17) is 4.42 Å². The fraction of sp³-hybridized carbons (Fsp3) is 0.312. The fourth-order valence-corrected chi connectivity index (χ4v) is 3.33. The van der Waals surface area contributed by atoms with Crippen LogP contribution in [0.5, 0.6) is 0 Å². The van der Waals surface area contributed by atoms with Crippen LogP contribution in [0.2, 0.25) is 0 Å². The van der Waals surface area contributed by atoms with Gasteiger partial charge in [-0.1, -0.05) is 23.9 Å². The third-order valence-electron chi connectivity index (χ3n) is 3.79. The normalized spacial score (nSPS) is 11.2. The van der Waals surface area contributed by atoms with E-state index in [-0.39, 0.29) is 5.63 Å². The minimum absolute atomic E-state index is 0.311. The first-order valence-electron chi connectivity index (χ1n) is 7.13. The van der Waals surface area contributed by atoms with Crippen molar-refractivity contribution in [1.29, 1.82) is 0 Å². The Morgan fingerprint density at radius 1 is 1.32 bits per heavy atom. The highest BCUT2D eigenvalue weighted by Crippen LogP contribution is 2.27. The number of aromatic nitrogens is 3. The van der Waals surface area contributed by atoms with Crippen molar-refractivity contribution < 1.29 is 4.42 Å². The lowest BCUT2D eigenvalue weighted by Crippen LogP contribution is -2.02. The van der Waals surface area contributed by atoms with Crippen molar-refractivity contribution >= 4 is 22.7 Å². The Bertz CT molecular complexity index is 883. The third-order valence-corrected chi connectivity index (χ3v) is 4.82. The van der Waals surface area contributed by atoms with E-state index >= 15 is 0 Å². The molecule has 0 bridgehead atoms. The van der Waals surface area contributed by atoms with Crippen LogP contribution in [0.25, 0.3) is 11.0 Å². The van der Waals surface area contributed by atoms with Gasteiger partial charge < -0.3 is 8.98 Å². The van der Waals surface area contributed by atoms with Gasteiger partial charge in [0, 0.05) is 23.8 Å². The van der Waals surface area contributed by atoms with E-state index in [1.807, 2.05) is 31.4 Å². The molecule has 0 fully saturated rings. The number of aryl methyl sites for hydroxylation is 3. The summed E-state index contributed by atoms with van der Waals surface area (Å²) < 4.78 is 7.38. The number of hydrogen-bond donors (Lipinski definition) is 0.